The molecule has 1 amide bonds. The van der Waals surface area contributed by atoms with E-state index in [0.717, 1.165) is 4.57 Å². The van der Waals surface area contributed by atoms with Crippen LogP contribution in [0.1, 0.15) is 17.4 Å². The molecule has 0 bridgehead atoms. The molecule has 3 aromatic heterocycles. The van der Waals surface area contributed by atoms with E-state index in [0.29, 0.717) is 18.2 Å². The zero-order valence-electron chi connectivity index (χ0n) is 14.5. The van der Waals surface area contributed by atoms with Gasteiger partial charge in [-0.05, 0) is 31.2 Å². The molecule has 1 N–H and O–H groups in total. The maximum Gasteiger partial charge on any atom is 0.332 e. The van der Waals surface area contributed by atoms with Gasteiger partial charge in [0.05, 0.1) is 12.0 Å². The van der Waals surface area contributed by atoms with Gasteiger partial charge in [-0.25, -0.2) is 14.8 Å². The van der Waals surface area contributed by atoms with Crippen LogP contribution in [0.5, 0.6) is 5.88 Å². The van der Waals surface area contributed by atoms with E-state index in [1.807, 2.05) is 6.92 Å². The normalized spacial score (nSPS) is 10.7. The van der Waals surface area contributed by atoms with Crippen molar-refractivity contribution in [1.82, 2.24) is 19.1 Å². The average Bonchev–Trinajstić information content (AvgIpc) is 2.66. The van der Waals surface area contributed by atoms with Crippen molar-refractivity contribution in [2.75, 3.05) is 11.9 Å². The average molecular weight is 355 g/mol. The van der Waals surface area contributed by atoms with Gasteiger partial charge < -0.3 is 10.1 Å². The number of anilines is 1. The Hall–Kier alpha value is -3.49. The molecular weight excluding hydrogens is 338 g/mol. The van der Waals surface area contributed by atoms with Crippen molar-refractivity contribution < 1.29 is 9.53 Å². The van der Waals surface area contributed by atoms with Crippen molar-refractivity contribution in [2.45, 2.75) is 6.92 Å². The fourth-order valence-electron chi connectivity index (χ4n) is 2.50. The zero-order chi connectivity index (χ0) is 18.8. The van der Waals surface area contributed by atoms with Crippen LogP contribution in [0.15, 0.2) is 40.1 Å². The number of nitrogens with zero attached hydrogens (tertiary/aromatic N) is 4. The lowest BCUT2D eigenvalue weighted by Crippen LogP contribution is -2.37. The second kappa shape index (κ2) is 6.79. The molecule has 0 saturated carbocycles. The lowest BCUT2D eigenvalue weighted by atomic mass is 10.2. The molecule has 3 heterocycles. The monoisotopic (exact) mass is 355 g/mol. The molecule has 3 rings (SSSR count). The summed E-state index contributed by atoms with van der Waals surface area (Å²) in [6.07, 6.45) is 1.56. The number of aryl methyl sites for hydroxylation is 1. The van der Waals surface area contributed by atoms with Crippen LogP contribution >= 0.6 is 0 Å². The summed E-state index contributed by atoms with van der Waals surface area (Å²) in [6, 6.07) is 6.23. The summed E-state index contributed by atoms with van der Waals surface area (Å²) in [5.41, 5.74) is -0.375. The third-order valence-electron chi connectivity index (χ3n) is 3.83. The molecule has 134 valence electrons. The van der Waals surface area contributed by atoms with Crippen molar-refractivity contribution in [3.63, 3.8) is 0 Å². The summed E-state index contributed by atoms with van der Waals surface area (Å²) in [5, 5.41) is 2.93. The van der Waals surface area contributed by atoms with Gasteiger partial charge in [0.25, 0.3) is 11.5 Å². The van der Waals surface area contributed by atoms with E-state index in [2.05, 4.69) is 15.3 Å². The highest BCUT2D eigenvalue weighted by Crippen LogP contribution is 2.21. The predicted octanol–water partition coefficient (Wildman–Crippen LogP) is 0.678. The summed E-state index contributed by atoms with van der Waals surface area (Å²) in [5.74, 6) is -0.209. The lowest BCUT2D eigenvalue weighted by Gasteiger charge is -2.11. The molecule has 9 heteroatoms. The molecule has 0 atom stereocenters. The Morgan fingerprint density at radius 2 is 1.96 bits per heavy atom. The Balaban J connectivity index is 2.03. The summed E-state index contributed by atoms with van der Waals surface area (Å²) < 4.78 is 7.59. The summed E-state index contributed by atoms with van der Waals surface area (Å²) >= 11 is 0. The number of amides is 1. The van der Waals surface area contributed by atoms with Gasteiger partial charge in [-0.1, -0.05) is 0 Å². The largest absolute Gasteiger partial charge is 0.476 e. The second-order valence-corrected chi connectivity index (χ2v) is 5.52. The van der Waals surface area contributed by atoms with Crippen LogP contribution < -0.4 is 21.3 Å². The highest BCUT2D eigenvalue weighted by molar-refractivity contribution is 6.04. The third-order valence-corrected chi connectivity index (χ3v) is 3.83. The molecule has 0 aliphatic rings. The first-order valence-corrected chi connectivity index (χ1v) is 7.90. The van der Waals surface area contributed by atoms with Crippen LogP contribution in [0.3, 0.4) is 0 Å². The molecule has 0 fully saturated rings. The Labute approximate surface area is 147 Å². The topological polar surface area (TPSA) is 108 Å². The molecular formula is C17H17N5O4. The van der Waals surface area contributed by atoms with E-state index in [1.165, 1.54) is 30.8 Å². The number of ether oxygens (including phenoxy) is 1. The van der Waals surface area contributed by atoms with Gasteiger partial charge in [-0.15, -0.1) is 0 Å². The molecule has 0 saturated heterocycles. The standard InChI is InChI=1S/C17H17N5O4/c1-4-26-15-12(6-5-9-18-15)20-14(23)11-8-7-10-13(19-11)21(2)17(25)22(3)16(10)24/h5-9H,4H2,1-3H3,(H,20,23). The van der Waals surface area contributed by atoms with Crippen LogP contribution in [-0.4, -0.2) is 31.6 Å². The van der Waals surface area contributed by atoms with Crippen LogP contribution in [0.2, 0.25) is 0 Å². The highest BCUT2D eigenvalue weighted by atomic mass is 16.5. The Bertz CT molecular complexity index is 1120. The minimum atomic E-state index is -0.515. The van der Waals surface area contributed by atoms with E-state index in [1.54, 1.807) is 18.3 Å². The molecule has 0 aromatic carbocycles. The lowest BCUT2D eigenvalue weighted by molar-refractivity contribution is 0.102. The van der Waals surface area contributed by atoms with Crippen LogP contribution in [0.25, 0.3) is 11.0 Å². The maximum absolute atomic E-state index is 12.5. The van der Waals surface area contributed by atoms with Crippen LogP contribution in [0.4, 0.5) is 5.69 Å². The maximum atomic E-state index is 12.5. The fourth-order valence-corrected chi connectivity index (χ4v) is 2.50. The Morgan fingerprint density at radius 3 is 2.69 bits per heavy atom. The first-order valence-electron chi connectivity index (χ1n) is 7.90. The van der Waals surface area contributed by atoms with E-state index in [-0.39, 0.29) is 16.7 Å². The molecule has 3 aromatic rings. The number of hydrogen-bond acceptors (Lipinski definition) is 6. The quantitative estimate of drug-likeness (QED) is 0.737. The first-order chi connectivity index (χ1) is 12.4. The number of hydrogen-bond donors (Lipinski definition) is 1. The number of carbonyl (C=O) groups is 1. The van der Waals surface area contributed by atoms with Gasteiger partial charge in [0.2, 0.25) is 5.88 Å². The highest BCUT2D eigenvalue weighted by Gasteiger charge is 2.15. The first kappa shape index (κ1) is 17.3. The number of carbonyl (C=O) groups excluding carboxylic acids is 1. The molecule has 0 spiro atoms. The van der Waals surface area contributed by atoms with E-state index < -0.39 is 17.2 Å². The number of pyridine rings is 2. The summed E-state index contributed by atoms with van der Waals surface area (Å²) in [6.45, 7) is 2.21. The Morgan fingerprint density at radius 1 is 1.19 bits per heavy atom. The van der Waals surface area contributed by atoms with Crippen LogP contribution in [0, 0.1) is 0 Å². The van der Waals surface area contributed by atoms with Gasteiger partial charge in [0.1, 0.15) is 17.0 Å². The van der Waals surface area contributed by atoms with Gasteiger partial charge in [0, 0.05) is 20.3 Å². The van der Waals surface area contributed by atoms with Crippen LogP contribution in [-0.2, 0) is 14.1 Å². The van der Waals surface area contributed by atoms with Gasteiger partial charge in [-0.3, -0.25) is 18.7 Å². The van der Waals surface area contributed by atoms with Crippen molar-refractivity contribution in [2.24, 2.45) is 14.1 Å². The van der Waals surface area contributed by atoms with Gasteiger partial charge in [0.15, 0.2) is 0 Å². The van der Waals surface area contributed by atoms with E-state index in [4.69, 9.17) is 4.74 Å². The molecule has 0 aliphatic heterocycles. The molecule has 9 nitrogen and oxygen atoms in total. The minimum Gasteiger partial charge on any atom is -0.476 e. The van der Waals surface area contributed by atoms with Crippen molar-refractivity contribution in [3.8, 4) is 5.88 Å². The predicted molar refractivity (Wildman–Crippen MR) is 95.6 cm³/mol. The SMILES string of the molecule is CCOc1ncccc1NC(=O)c1ccc2c(=O)n(C)c(=O)n(C)c2n1. The van der Waals surface area contributed by atoms with Crippen molar-refractivity contribution in [1.29, 1.82) is 0 Å². The second-order valence-electron chi connectivity index (χ2n) is 5.52. The molecule has 0 unspecified atom stereocenters. The summed E-state index contributed by atoms with van der Waals surface area (Å²) in [4.78, 5) is 45.0. The molecule has 0 radical (unpaired) electrons. The minimum absolute atomic E-state index is 0.0621. The zero-order valence-corrected chi connectivity index (χ0v) is 14.5. The van der Waals surface area contributed by atoms with Gasteiger partial charge >= 0.3 is 5.69 Å². The molecule has 0 aliphatic carbocycles. The smallest absolute Gasteiger partial charge is 0.332 e. The number of rotatable bonds is 4. The number of fused-ring (bicyclic) bond motifs is 1. The fraction of sp³-hybridized carbons (Fsp3) is 0.235. The van der Waals surface area contributed by atoms with Crippen molar-refractivity contribution >= 4 is 22.6 Å². The molecule has 26 heavy (non-hydrogen) atoms. The third kappa shape index (κ3) is 2.94. The van der Waals surface area contributed by atoms with Crippen molar-refractivity contribution in [3.05, 3.63) is 57.0 Å². The summed E-state index contributed by atoms with van der Waals surface area (Å²) in [7, 11) is 2.88. The van der Waals surface area contributed by atoms with E-state index >= 15 is 0 Å². The Kier molecular flexibility index (Phi) is 4.53. The van der Waals surface area contributed by atoms with Gasteiger partial charge in [-0.2, -0.15) is 0 Å². The van der Waals surface area contributed by atoms with E-state index in [9.17, 15) is 14.4 Å². The number of nitrogens with one attached hydrogen (secondary N) is 1. The number of aromatic nitrogens is 4.